The van der Waals surface area contributed by atoms with Crippen LogP contribution in [-0.2, 0) is 6.42 Å². The van der Waals surface area contributed by atoms with E-state index in [1.165, 1.54) is 31.7 Å². The monoisotopic (exact) mass is 560 g/mol. The average Bonchev–Trinajstić information content (AvgIpc) is 3.45. The second-order valence-electron chi connectivity index (χ2n) is 10.1. The Balaban J connectivity index is 1.34. The van der Waals surface area contributed by atoms with Gasteiger partial charge in [-0.05, 0) is 72.9 Å². The van der Waals surface area contributed by atoms with Crippen molar-refractivity contribution in [1.82, 2.24) is 25.0 Å². The molecule has 0 spiro atoms. The van der Waals surface area contributed by atoms with E-state index >= 15 is 0 Å². The normalized spacial score (nSPS) is 14.9. The second-order valence-corrected chi connectivity index (χ2v) is 10.9. The Morgan fingerprint density at radius 2 is 1.77 bits per heavy atom. The fourth-order valence-corrected chi connectivity index (χ4v) is 5.65. The molecule has 198 valence electrons. The largest absolute Gasteiger partial charge is 0.340 e. The molecule has 2 aromatic heterocycles. The lowest BCUT2D eigenvalue weighted by molar-refractivity contribution is 0.324. The highest BCUT2D eigenvalue weighted by Gasteiger charge is 2.22. The fraction of sp³-hybridized carbons (Fsp3) is 0.267. The predicted molar refractivity (Wildman–Crippen MR) is 153 cm³/mol. The summed E-state index contributed by atoms with van der Waals surface area (Å²) < 4.78 is 15.7. The first kappa shape index (κ1) is 25.7. The van der Waals surface area contributed by atoms with Crippen LogP contribution in [0.1, 0.15) is 60.9 Å². The van der Waals surface area contributed by atoms with Crippen LogP contribution in [0.3, 0.4) is 0 Å². The third kappa shape index (κ3) is 5.75. The Labute approximate surface area is 236 Å². The third-order valence-corrected chi connectivity index (χ3v) is 7.97. The SMILES string of the molecule is Fc1ccc(Nc2ncnc3ccc(C[C@@H](c4ccc(Cl)cc4)c4cn(C5CCCCC5)nn4)cc23)cc1Cl. The molecule has 0 amide bonds. The van der Waals surface area contributed by atoms with Crippen LogP contribution >= 0.6 is 23.2 Å². The number of halogens is 3. The zero-order valence-electron chi connectivity index (χ0n) is 21.2. The number of hydrogen-bond acceptors (Lipinski definition) is 5. The van der Waals surface area contributed by atoms with E-state index in [0.29, 0.717) is 29.0 Å². The Bertz CT molecular complexity index is 1600. The maximum atomic E-state index is 13.7. The number of rotatable bonds is 7. The maximum Gasteiger partial charge on any atom is 0.141 e. The molecule has 0 radical (unpaired) electrons. The van der Waals surface area contributed by atoms with Gasteiger partial charge in [0, 0.05) is 28.2 Å². The van der Waals surface area contributed by atoms with Gasteiger partial charge in [-0.1, -0.05) is 65.9 Å². The van der Waals surface area contributed by atoms with E-state index in [2.05, 4.69) is 60.7 Å². The van der Waals surface area contributed by atoms with Crippen molar-refractivity contribution >= 4 is 45.6 Å². The van der Waals surface area contributed by atoms with Crippen molar-refractivity contribution in [2.24, 2.45) is 0 Å². The van der Waals surface area contributed by atoms with E-state index in [1.54, 1.807) is 12.1 Å². The molecule has 1 aliphatic rings. The summed E-state index contributed by atoms with van der Waals surface area (Å²) in [5.41, 5.74) is 4.61. The van der Waals surface area contributed by atoms with Gasteiger partial charge < -0.3 is 5.32 Å². The molecule has 39 heavy (non-hydrogen) atoms. The van der Waals surface area contributed by atoms with Crippen LogP contribution in [0.25, 0.3) is 10.9 Å². The van der Waals surface area contributed by atoms with Gasteiger partial charge in [-0.15, -0.1) is 5.10 Å². The first-order valence-corrected chi connectivity index (χ1v) is 13.9. The Morgan fingerprint density at radius 1 is 0.949 bits per heavy atom. The van der Waals surface area contributed by atoms with Crippen LogP contribution in [0.5, 0.6) is 0 Å². The van der Waals surface area contributed by atoms with Gasteiger partial charge in [0.05, 0.1) is 22.3 Å². The molecule has 1 saturated carbocycles. The summed E-state index contributed by atoms with van der Waals surface area (Å²) in [6, 6.07) is 19.0. The molecule has 9 heteroatoms. The molecule has 2 heterocycles. The van der Waals surface area contributed by atoms with Gasteiger partial charge in [0.15, 0.2) is 0 Å². The van der Waals surface area contributed by atoms with Gasteiger partial charge >= 0.3 is 0 Å². The van der Waals surface area contributed by atoms with Gasteiger partial charge in [-0.2, -0.15) is 0 Å². The molecule has 1 fully saturated rings. The molecule has 3 aromatic carbocycles. The van der Waals surface area contributed by atoms with E-state index in [9.17, 15) is 4.39 Å². The summed E-state index contributed by atoms with van der Waals surface area (Å²) in [5, 5.41) is 14.0. The van der Waals surface area contributed by atoms with Gasteiger partial charge in [0.2, 0.25) is 0 Å². The van der Waals surface area contributed by atoms with Gasteiger partial charge in [-0.25, -0.2) is 19.0 Å². The van der Waals surface area contributed by atoms with Gasteiger partial charge in [0.1, 0.15) is 18.0 Å². The van der Waals surface area contributed by atoms with Crippen LogP contribution < -0.4 is 5.32 Å². The zero-order chi connectivity index (χ0) is 26.8. The van der Waals surface area contributed by atoms with Crippen LogP contribution in [-0.4, -0.2) is 25.0 Å². The predicted octanol–water partition coefficient (Wildman–Crippen LogP) is 8.29. The maximum absolute atomic E-state index is 13.7. The number of fused-ring (bicyclic) bond motifs is 1. The van der Waals surface area contributed by atoms with Crippen LogP contribution in [0.15, 0.2) is 73.2 Å². The Hall–Kier alpha value is -3.55. The smallest absolute Gasteiger partial charge is 0.141 e. The van der Waals surface area contributed by atoms with Crippen LogP contribution in [0.4, 0.5) is 15.9 Å². The minimum absolute atomic E-state index is 0.00555. The number of anilines is 2. The van der Waals surface area contributed by atoms with Crippen molar-refractivity contribution < 1.29 is 4.39 Å². The second kappa shape index (κ2) is 11.3. The summed E-state index contributed by atoms with van der Waals surface area (Å²) >= 11 is 12.2. The molecule has 1 aliphatic carbocycles. The molecule has 5 aromatic rings. The van der Waals surface area contributed by atoms with E-state index < -0.39 is 5.82 Å². The van der Waals surface area contributed by atoms with E-state index in [1.807, 2.05) is 18.2 Å². The summed E-state index contributed by atoms with van der Waals surface area (Å²) in [4.78, 5) is 8.90. The van der Waals surface area contributed by atoms with Crippen molar-refractivity contribution in [2.75, 3.05) is 5.32 Å². The van der Waals surface area contributed by atoms with E-state index in [-0.39, 0.29) is 10.9 Å². The first-order valence-electron chi connectivity index (χ1n) is 13.2. The molecular formula is C30H27Cl2FN6. The molecule has 6 rings (SSSR count). The van der Waals surface area contributed by atoms with E-state index in [4.69, 9.17) is 23.2 Å². The average molecular weight is 561 g/mol. The van der Waals surface area contributed by atoms with Crippen molar-refractivity contribution in [3.63, 3.8) is 0 Å². The number of aromatic nitrogens is 5. The summed E-state index contributed by atoms with van der Waals surface area (Å²) in [7, 11) is 0. The highest BCUT2D eigenvalue weighted by molar-refractivity contribution is 6.31. The van der Waals surface area contributed by atoms with Crippen LogP contribution in [0, 0.1) is 5.82 Å². The molecule has 6 nitrogen and oxygen atoms in total. The summed E-state index contributed by atoms with van der Waals surface area (Å²) in [6.07, 6.45) is 10.4. The van der Waals surface area contributed by atoms with Gasteiger partial charge in [-0.3, -0.25) is 0 Å². The fourth-order valence-electron chi connectivity index (χ4n) is 5.34. The quantitative estimate of drug-likeness (QED) is 0.217. The summed E-state index contributed by atoms with van der Waals surface area (Å²) in [5.74, 6) is 0.149. The lowest BCUT2D eigenvalue weighted by Crippen LogP contribution is -2.13. The minimum atomic E-state index is -0.467. The molecule has 1 N–H and O–H groups in total. The zero-order valence-corrected chi connectivity index (χ0v) is 22.7. The van der Waals surface area contributed by atoms with E-state index in [0.717, 1.165) is 40.6 Å². The lowest BCUT2D eigenvalue weighted by atomic mass is 9.89. The van der Waals surface area contributed by atoms with Crippen LogP contribution in [0.2, 0.25) is 10.0 Å². The topological polar surface area (TPSA) is 68.5 Å². The number of nitrogens with zero attached hydrogens (tertiary/aromatic N) is 5. The van der Waals surface area contributed by atoms with Crippen molar-refractivity contribution in [1.29, 1.82) is 0 Å². The molecule has 0 bridgehead atoms. The third-order valence-electron chi connectivity index (χ3n) is 7.43. The van der Waals surface area contributed by atoms with Crippen molar-refractivity contribution in [3.05, 3.63) is 106 Å². The minimum Gasteiger partial charge on any atom is -0.340 e. The number of nitrogens with one attached hydrogen (secondary N) is 1. The van der Waals surface area contributed by atoms with Crippen molar-refractivity contribution in [2.45, 2.75) is 50.5 Å². The van der Waals surface area contributed by atoms with Crippen molar-refractivity contribution in [3.8, 4) is 0 Å². The highest BCUT2D eigenvalue weighted by Crippen LogP contribution is 2.33. The first-order chi connectivity index (χ1) is 19.0. The Kier molecular flexibility index (Phi) is 7.44. The highest BCUT2D eigenvalue weighted by atomic mass is 35.5. The standard InChI is InChI=1S/C30H27Cl2FN6/c31-21-9-7-20(8-10-21)24(29-17-39(38-37-29)23-4-2-1-3-5-23)14-19-6-13-28-25(15-19)30(35-18-34-28)36-22-11-12-27(33)26(32)16-22/h6-13,15-18,23-24H,1-5,14H2,(H,34,35,36)/t24-/m0/s1. The molecule has 0 saturated heterocycles. The van der Waals surface area contributed by atoms with Gasteiger partial charge in [0.25, 0.3) is 0 Å². The molecule has 0 aliphatic heterocycles. The molecule has 1 atom stereocenters. The summed E-state index contributed by atoms with van der Waals surface area (Å²) in [6.45, 7) is 0. The lowest BCUT2D eigenvalue weighted by Gasteiger charge is -2.21. The molecule has 0 unspecified atom stereocenters. The number of hydrogen-bond donors (Lipinski definition) is 1. The number of benzene rings is 3. The Morgan fingerprint density at radius 3 is 2.56 bits per heavy atom. The molecular weight excluding hydrogens is 534 g/mol.